The average Bonchev–Trinajstić information content (AvgIpc) is 3.43. The zero-order valence-corrected chi connectivity index (χ0v) is 17.3. The lowest BCUT2D eigenvalue weighted by atomic mass is 10.2. The first kappa shape index (κ1) is 19.7. The van der Waals surface area contributed by atoms with Crippen molar-refractivity contribution in [2.75, 3.05) is 18.2 Å². The molecule has 0 aliphatic heterocycles. The molecule has 2 aromatic carbocycles. The molecule has 2 aromatic heterocycles. The van der Waals surface area contributed by atoms with E-state index >= 15 is 0 Å². The molecule has 2 heterocycles. The third-order valence-corrected chi connectivity index (χ3v) is 5.32. The number of aryl methyl sites for hydroxylation is 1. The van der Waals surface area contributed by atoms with Crippen LogP contribution in [0.3, 0.4) is 0 Å². The fourth-order valence-corrected chi connectivity index (χ4v) is 3.77. The molecule has 1 N–H and O–H groups in total. The molecule has 0 saturated carbocycles. The van der Waals surface area contributed by atoms with E-state index < -0.39 is 0 Å². The Morgan fingerprint density at radius 3 is 2.63 bits per heavy atom. The fraction of sp³-hybridized carbons (Fsp3) is 0.143. The van der Waals surface area contributed by atoms with E-state index in [0.717, 1.165) is 22.9 Å². The maximum Gasteiger partial charge on any atom is 0.234 e. The van der Waals surface area contributed by atoms with Crippen LogP contribution in [0.15, 0.2) is 72.1 Å². The van der Waals surface area contributed by atoms with Crippen LogP contribution in [0.2, 0.25) is 0 Å². The lowest BCUT2D eigenvalue weighted by molar-refractivity contribution is -0.113. The van der Waals surface area contributed by atoms with Crippen LogP contribution in [0.25, 0.3) is 11.4 Å². The van der Waals surface area contributed by atoms with Gasteiger partial charge in [0.15, 0.2) is 5.16 Å². The number of nitrogens with zero attached hydrogens (tertiary/aromatic N) is 5. The lowest BCUT2D eigenvalue weighted by Gasteiger charge is -2.11. The van der Waals surface area contributed by atoms with Crippen molar-refractivity contribution in [3.8, 4) is 17.1 Å². The summed E-state index contributed by atoms with van der Waals surface area (Å²) in [6, 6.07) is 17.0. The average molecular weight is 420 g/mol. The van der Waals surface area contributed by atoms with Crippen LogP contribution >= 0.6 is 11.8 Å². The van der Waals surface area contributed by atoms with E-state index in [1.807, 2.05) is 72.3 Å². The Bertz CT molecular complexity index is 1140. The van der Waals surface area contributed by atoms with Crippen LogP contribution in [0.1, 0.15) is 5.82 Å². The van der Waals surface area contributed by atoms with Crippen LogP contribution in [0.4, 0.5) is 5.69 Å². The van der Waals surface area contributed by atoms with Crippen LogP contribution < -0.4 is 10.1 Å². The van der Waals surface area contributed by atoms with Gasteiger partial charge in [-0.1, -0.05) is 23.9 Å². The van der Waals surface area contributed by atoms with E-state index in [1.165, 1.54) is 11.8 Å². The second-order valence-corrected chi connectivity index (χ2v) is 7.31. The Kier molecular flexibility index (Phi) is 5.80. The molecule has 152 valence electrons. The van der Waals surface area contributed by atoms with Gasteiger partial charge in [0.1, 0.15) is 11.6 Å². The normalized spacial score (nSPS) is 10.7. The van der Waals surface area contributed by atoms with Gasteiger partial charge in [-0.25, -0.2) is 4.68 Å². The Balaban J connectivity index is 1.47. The molecule has 0 unspecified atom stereocenters. The molecule has 0 fully saturated rings. The molecule has 4 rings (SSSR count). The Hall–Kier alpha value is -3.59. The smallest absolute Gasteiger partial charge is 0.234 e. The van der Waals surface area contributed by atoms with Gasteiger partial charge in [-0.05, 0) is 49.4 Å². The second-order valence-electron chi connectivity index (χ2n) is 6.37. The summed E-state index contributed by atoms with van der Waals surface area (Å²) in [5, 5.41) is 16.2. The summed E-state index contributed by atoms with van der Waals surface area (Å²) >= 11 is 1.33. The summed E-state index contributed by atoms with van der Waals surface area (Å²) in [5.41, 5.74) is 2.41. The highest BCUT2D eigenvalue weighted by atomic mass is 32.2. The first-order valence-corrected chi connectivity index (χ1v) is 10.2. The summed E-state index contributed by atoms with van der Waals surface area (Å²) in [6.07, 6.45) is 3.53. The van der Waals surface area contributed by atoms with E-state index in [9.17, 15) is 4.79 Å². The van der Waals surface area contributed by atoms with Crippen molar-refractivity contribution in [1.82, 2.24) is 24.5 Å². The third kappa shape index (κ3) is 4.20. The number of carbonyl (C=O) groups is 1. The molecule has 0 spiro atoms. The topological polar surface area (TPSA) is 86.9 Å². The molecular formula is C21H20N6O2S. The molecule has 0 aliphatic rings. The van der Waals surface area contributed by atoms with Crippen LogP contribution in [-0.4, -0.2) is 43.3 Å². The number of hydrogen-bond donors (Lipinski definition) is 1. The number of thioether (sulfide) groups is 1. The van der Waals surface area contributed by atoms with E-state index in [4.69, 9.17) is 4.74 Å². The van der Waals surface area contributed by atoms with Gasteiger partial charge in [-0.3, -0.25) is 9.36 Å². The maximum absolute atomic E-state index is 12.6. The number of aromatic nitrogens is 5. The largest absolute Gasteiger partial charge is 0.497 e. The van der Waals surface area contributed by atoms with Gasteiger partial charge >= 0.3 is 0 Å². The highest BCUT2D eigenvalue weighted by Gasteiger charge is 2.15. The van der Waals surface area contributed by atoms with Crippen LogP contribution in [0, 0.1) is 6.92 Å². The van der Waals surface area contributed by atoms with Gasteiger partial charge in [0.25, 0.3) is 0 Å². The van der Waals surface area contributed by atoms with Crippen molar-refractivity contribution in [3.63, 3.8) is 0 Å². The molecule has 9 heteroatoms. The highest BCUT2D eigenvalue weighted by Crippen LogP contribution is 2.24. The number of carbonyl (C=O) groups excluding carboxylic acids is 1. The van der Waals surface area contributed by atoms with Crippen molar-refractivity contribution in [3.05, 3.63) is 72.8 Å². The van der Waals surface area contributed by atoms with Gasteiger partial charge in [0.2, 0.25) is 5.91 Å². The molecule has 0 aliphatic carbocycles. The van der Waals surface area contributed by atoms with Crippen molar-refractivity contribution in [2.45, 2.75) is 12.1 Å². The van der Waals surface area contributed by atoms with Gasteiger partial charge in [-0.2, -0.15) is 5.10 Å². The first-order chi connectivity index (χ1) is 14.7. The Morgan fingerprint density at radius 1 is 1.10 bits per heavy atom. The molecule has 0 radical (unpaired) electrons. The van der Waals surface area contributed by atoms with E-state index in [-0.39, 0.29) is 11.7 Å². The van der Waals surface area contributed by atoms with Crippen molar-refractivity contribution < 1.29 is 9.53 Å². The molecule has 8 nitrogen and oxygen atoms in total. The quantitative estimate of drug-likeness (QED) is 0.461. The van der Waals surface area contributed by atoms with E-state index in [0.29, 0.717) is 10.8 Å². The zero-order valence-electron chi connectivity index (χ0n) is 16.5. The summed E-state index contributed by atoms with van der Waals surface area (Å²) < 4.78 is 8.84. The van der Waals surface area contributed by atoms with Gasteiger partial charge in [-0.15, -0.1) is 10.2 Å². The third-order valence-electron chi connectivity index (χ3n) is 4.39. The summed E-state index contributed by atoms with van der Waals surface area (Å²) in [5.74, 6) is 1.57. The van der Waals surface area contributed by atoms with Gasteiger partial charge in [0, 0.05) is 18.1 Å². The summed E-state index contributed by atoms with van der Waals surface area (Å²) in [6.45, 7) is 1.88. The number of anilines is 1. The number of para-hydroxylation sites is 2. The number of amides is 1. The second kappa shape index (κ2) is 8.83. The van der Waals surface area contributed by atoms with Gasteiger partial charge < -0.3 is 10.1 Å². The minimum absolute atomic E-state index is 0.137. The van der Waals surface area contributed by atoms with Crippen molar-refractivity contribution >= 4 is 23.4 Å². The minimum Gasteiger partial charge on any atom is -0.497 e. The zero-order chi connectivity index (χ0) is 20.9. The Labute approximate surface area is 177 Å². The minimum atomic E-state index is -0.137. The number of methoxy groups -OCH3 is 1. The molecule has 1 amide bonds. The fourth-order valence-electron chi connectivity index (χ4n) is 2.97. The molecular weight excluding hydrogens is 400 g/mol. The predicted octanol–water partition coefficient (Wildman–Crippen LogP) is 3.50. The monoisotopic (exact) mass is 420 g/mol. The standard InChI is InChI=1S/C21H20N6O2S/c1-15-24-25-21(27(15)16-8-10-17(29-2)11-9-16)30-14-20(28)23-18-6-3-4-7-19(18)26-13-5-12-22-26/h3-13H,14H2,1-2H3,(H,23,28). The predicted molar refractivity (Wildman–Crippen MR) is 116 cm³/mol. The van der Waals surface area contributed by atoms with E-state index in [1.54, 1.807) is 18.0 Å². The molecule has 4 aromatic rings. The van der Waals surface area contributed by atoms with Crippen molar-refractivity contribution in [2.24, 2.45) is 0 Å². The summed E-state index contributed by atoms with van der Waals surface area (Å²) in [4.78, 5) is 12.6. The number of rotatable bonds is 7. The number of nitrogens with one attached hydrogen (secondary N) is 1. The highest BCUT2D eigenvalue weighted by molar-refractivity contribution is 7.99. The summed E-state index contributed by atoms with van der Waals surface area (Å²) in [7, 11) is 1.63. The molecule has 0 atom stereocenters. The SMILES string of the molecule is COc1ccc(-n2c(C)nnc2SCC(=O)Nc2ccccc2-n2cccn2)cc1. The Morgan fingerprint density at radius 2 is 1.90 bits per heavy atom. The number of benzene rings is 2. The lowest BCUT2D eigenvalue weighted by Crippen LogP contribution is -2.16. The molecule has 0 saturated heterocycles. The first-order valence-electron chi connectivity index (χ1n) is 9.24. The number of ether oxygens (including phenoxy) is 1. The number of hydrogen-bond acceptors (Lipinski definition) is 6. The molecule has 30 heavy (non-hydrogen) atoms. The van der Waals surface area contributed by atoms with Crippen molar-refractivity contribution in [1.29, 1.82) is 0 Å². The van der Waals surface area contributed by atoms with Gasteiger partial charge in [0.05, 0.1) is 24.2 Å². The van der Waals surface area contributed by atoms with Crippen LogP contribution in [-0.2, 0) is 4.79 Å². The maximum atomic E-state index is 12.6. The molecule has 0 bridgehead atoms. The van der Waals surface area contributed by atoms with Crippen LogP contribution in [0.5, 0.6) is 5.75 Å². The van der Waals surface area contributed by atoms with E-state index in [2.05, 4.69) is 20.6 Å².